The second-order valence-corrected chi connectivity index (χ2v) is 8.95. The van der Waals surface area contributed by atoms with Crippen LogP contribution in [0.25, 0.3) is 0 Å². The van der Waals surface area contributed by atoms with Crippen molar-refractivity contribution in [2.24, 2.45) is 11.3 Å². The quantitative estimate of drug-likeness (QED) is 0.631. The maximum absolute atomic E-state index is 8.36. The molecule has 0 aromatic heterocycles. The fourth-order valence-corrected chi connectivity index (χ4v) is 4.22. The third-order valence-corrected chi connectivity index (χ3v) is 4.89. The standard InChI is InChI=1S/C13H28OSi.CH2O2/c1-7-13(14-15(5)6)9-8-11(10-13)12(2,3)4;2-1-3/h11,15H,7-10H2,1-6H3;1H,(H,2,3). The summed E-state index contributed by atoms with van der Waals surface area (Å²) in [6, 6.07) is 0. The van der Waals surface area contributed by atoms with E-state index in [-0.39, 0.29) is 12.1 Å². The van der Waals surface area contributed by atoms with Crippen LogP contribution in [-0.2, 0) is 9.22 Å². The molecule has 0 bridgehead atoms. The van der Waals surface area contributed by atoms with Gasteiger partial charge in [-0.2, -0.15) is 0 Å². The van der Waals surface area contributed by atoms with Gasteiger partial charge in [0.1, 0.15) is 0 Å². The number of carbonyl (C=O) groups is 1. The van der Waals surface area contributed by atoms with E-state index < -0.39 is 9.04 Å². The molecule has 18 heavy (non-hydrogen) atoms. The number of rotatable bonds is 3. The summed E-state index contributed by atoms with van der Waals surface area (Å²) in [5.74, 6) is 0.852. The van der Waals surface area contributed by atoms with Crippen LogP contribution in [0.2, 0.25) is 13.1 Å². The van der Waals surface area contributed by atoms with Crippen LogP contribution in [0.15, 0.2) is 0 Å². The highest BCUT2D eigenvalue weighted by molar-refractivity contribution is 6.48. The van der Waals surface area contributed by atoms with Crippen LogP contribution in [-0.4, -0.2) is 26.2 Å². The summed E-state index contributed by atoms with van der Waals surface area (Å²) in [6.45, 7) is 13.7. The molecule has 0 aromatic rings. The van der Waals surface area contributed by atoms with Crippen molar-refractivity contribution >= 4 is 15.5 Å². The van der Waals surface area contributed by atoms with E-state index in [1.807, 2.05) is 0 Å². The third kappa shape index (κ3) is 5.53. The molecule has 2 atom stereocenters. The minimum Gasteiger partial charge on any atom is -0.483 e. The second-order valence-electron chi connectivity index (χ2n) is 6.61. The average Bonchev–Trinajstić information content (AvgIpc) is 2.62. The monoisotopic (exact) mass is 274 g/mol. The zero-order chi connectivity index (χ0) is 14.4. The fourth-order valence-electron chi connectivity index (χ4n) is 2.84. The van der Waals surface area contributed by atoms with Crippen molar-refractivity contribution in [3.63, 3.8) is 0 Å². The lowest BCUT2D eigenvalue weighted by Crippen LogP contribution is -2.34. The van der Waals surface area contributed by atoms with Gasteiger partial charge >= 0.3 is 0 Å². The van der Waals surface area contributed by atoms with E-state index in [0.717, 1.165) is 5.92 Å². The van der Waals surface area contributed by atoms with E-state index in [1.54, 1.807) is 0 Å². The van der Waals surface area contributed by atoms with Crippen LogP contribution in [0.5, 0.6) is 0 Å². The van der Waals surface area contributed by atoms with Crippen LogP contribution in [0.1, 0.15) is 53.4 Å². The summed E-state index contributed by atoms with van der Waals surface area (Å²) in [5.41, 5.74) is 0.706. The van der Waals surface area contributed by atoms with Crippen molar-refractivity contribution < 1.29 is 14.3 Å². The van der Waals surface area contributed by atoms with Gasteiger partial charge in [-0.25, -0.2) is 0 Å². The van der Waals surface area contributed by atoms with Crippen LogP contribution >= 0.6 is 0 Å². The Bertz CT molecular complexity index is 248. The van der Waals surface area contributed by atoms with Crippen LogP contribution in [0, 0.1) is 11.3 Å². The Balaban J connectivity index is 0.000000873. The fraction of sp³-hybridized carbons (Fsp3) is 0.929. The first-order chi connectivity index (χ1) is 8.20. The molecule has 1 saturated carbocycles. The summed E-state index contributed by atoms with van der Waals surface area (Å²) in [6.07, 6.45) is 5.14. The molecule has 0 aromatic carbocycles. The molecule has 1 fully saturated rings. The third-order valence-electron chi connectivity index (χ3n) is 3.92. The molecule has 1 N–H and O–H groups in total. The molecule has 0 spiro atoms. The van der Waals surface area contributed by atoms with Gasteiger partial charge in [-0.3, -0.25) is 4.79 Å². The largest absolute Gasteiger partial charge is 0.483 e. The van der Waals surface area contributed by atoms with Gasteiger partial charge in [-0.1, -0.05) is 27.7 Å². The van der Waals surface area contributed by atoms with Gasteiger partial charge in [0.05, 0.1) is 5.60 Å². The minimum absolute atomic E-state index is 0.248. The van der Waals surface area contributed by atoms with Crippen LogP contribution in [0.3, 0.4) is 0 Å². The van der Waals surface area contributed by atoms with Crippen molar-refractivity contribution in [3.05, 3.63) is 0 Å². The predicted octanol–water partition coefficient (Wildman–Crippen LogP) is 3.68. The summed E-state index contributed by atoms with van der Waals surface area (Å²) in [4.78, 5) is 8.36. The minimum atomic E-state index is -0.890. The molecule has 0 amide bonds. The molecule has 0 aliphatic heterocycles. The highest BCUT2D eigenvalue weighted by atomic mass is 28.3. The molecule has 0 heterocycles. The van der Waals surface area contributed by atoms with Crippen molar-refractivity contribution in [2.75, 3.05) is 0 Å². The van der Waals surface area contributed by atoms with E-state index in [0.29, 0.717) is 5.41 Å². The molecule has 1 aliphatic rings. The van der Waals surface area contributed by atoms with Gasteiger partial charge in [0.15, 0.2) is 9.04 Å². The van der Waals surface area contributed by atoms with E-state index in [9.17, 15) is 0 Å². The first kappa shape index (κ1) is 17.6. The Morgan fingerprint density at radius 2 is 1.94 bits per heavy atom. The Hall–Kier alpha value is -0.353. The smallest absolute Gasteiger partial charge is 0.290 e. The predicted molar refractivity (Wildman–Crippen MR) is 78.5 cm³/mol. The molecule has 108 valence electrons. The molecule has 0 saturated heterocycles. The highest BCUT2D eigenvalue weighted by Gasteiger charge is 2.42. The SMILES string of the molecule is CCC1(O[SiH](C)C)CCC(C(C)(C)C)C1.O=CO. The summed E-state index contributed by atoms with van der Waals surface area (Å²) in [5, 5.41) is 6.89. The lowest BCUT2D eigenvalue weighted by atomic mass is 9.79. The number of hydrogen-bond donors (Lipinski definition) is 1. The van der Waals surface area contributed by atoms with Crippen LogP contribution in [0.4, 0.5) is 0 Å². The second kappa shape index (κ2) is 7.29. The molecular weight excluding hydrogens is 244 g/mol. The Morgan fingerprint density at radius 3 is 2.22 bits per heavy atom. The van der Waals surface area contributed by atoms with E-state index >= 15 is 0 Å². The average molecular weight is 274 g/mol. The lowest BCUT2D eigenvalue weighted by Gasteiger charge is -2.33. The molecule has 4 heteroatoms. The highest BCUT2D eigenvalue weighted by Crippen LogP contribution is 2.47. The van der Waals surface area contributed by atoms with Gasteiger partial charge < -0.3 is 9.53 Å². The zero-order valence-electron chi connectivity index (χ0n) is 12.8. The molecule has 0 radical (unpaired) electrons. The van der Waals surface area contributed by atoms with Gasteiger partial charge in [0.25, 0.3) is 6.47 Å². The van der Waals surface area contributed by atoms with E-state index in [4.69, 9.17) is 14.3 Å². The Morgan fingerprint density at radius 1 is 1.44 bits per heavy atom. The maximum Gasteiger partial charge on any atom is 0.290 e. The van der Waals surface area contributed by atoms with Gasteiger partial charge in [-0.05, 0) is 50.1 Å². The maximum atomic E-state index is 8.36. The van der Waals surface area contributed by atoms with E-state index in [2.05, 4.69) is 40.8 Å². The Labute approximate surface area is 114 Å². The van der Waals surface area contributed by atoms with Crippen molar-refractivity contribution in [1.82, 2.24) is 0 Å². The van der Waals surface area contributed by atoms with Gasteiger partial charge in [0.2, 0.25) is 0 Å². The van der Waals surface area contributed by atoms with Crippen LogP contribution < -0.4 is 0 Å². The molecule has 1 rings (SSSR count). The first-order valence-electron chi connectivity index (χ1n) is 6.96. The first-order valence-corrected chi connectivity index (χ1v) is 9.74. The number of carboxylic acid groups (broad SMARTS) is 1. The summed E-state index contributed by atoms with van der Waals surface area (Å²) < 4.78 is 6.31. The van der Waals surface area contributed by atoms with Crippen molar-refractivity contribution in [1.29, 1.82) is 0 Å². The molecule has 3 nitrogen and oxygen atoms in total. The molecular formula is C14H30O3Si. The van der Waals surface area contributed by atoms with Crippen molar-refractivity contribution in [2.45, 2.75) is 72.1 Å². The zero-order valence-corrected chi connectivity index (χ0v) is 14.0. The van der Waals surface area contributed by atoms with Gasteiger partial charge in [0, 0.05) is 0 Å². The summed E-state index contributed by atoms with van der Waals surface area (Å²) in [7, 11) is -0.890. The van der Waals surface area contributed by atoms with Crippen molar-refractivity contribution in [3.8, 4) is 0 Å². The molecule has 1 aliphatic carbocycles. The topological polar surface area (TPSA) is 46.5 Å². The van der Waals surface area contributed by atoms with Gasteiger partial charge in [-0.15, -0.1) is 0 Å². The van der Waals surface area contributed by atoms with E-state index in [1.165, 1.54) is 25.7 Å². The molecule has 2 unspecified atom stereocenters. The Kier molecular flexibility index (Phi) is 7.15. The normalized spacial score (nSPS) is 27.8. The summed E-state index contributed by atoms with van der Waals surface area (Å²) >= 11 is 0. The number of hydrogen-bond acceptors (Lipinski definition) is 2. The lowest BCUT2D eigenvalue weighted by molar-refractivity contribution is -0.122.